The SMILES string of the molecule is CCN=C1N[C@@H]2[C@@H](O)[C@H](O)[C@@H](C(F)F)O[C@@H]2S1. The van der Waals surface area contributed by atoms with Gasteiger partial charge in [0, 0.05) is 6.54 Å². The van der Waals surface area contributed by atoms with E-state index in [1.54, 1.807) is 0 Å². The van der Waals surface area contributed by atoms with Crippen molar-refractivity contribution >= 4 is 16.9 Å². The van der Waals surface area contributed by atoms with Gasteiger partial charge < -0.3 is 20.3 Å². The van der Waals surface area contributed by atoms with Gasteiger partial charge in [0.15, 0.2) is 5.17 Å². The van der Waals surface area contributed by atoms with Crippen molar-refractivity contribution < 1.29 is 23.7 Å². The van der Waals surface area contributed by atoms with Crippen LogP contribution in [-0.4, -0.2) is 58.1 Å². The number of aliphatic hydroxyl groups is 2. The van der Waals surface area contributed by atoms with Gasteiger partial charge in [-0.2, -0.15) is 0 Å². The van der Waals surface area contributed by atoms with Gasteiger partial charge in [-0.1, -0.05) is 11.8 Å². The van der Waals surface area contributed by atoms with Crippen LogP contribution in [-0.2, 0) is 4.74 Å². The summed E-state index contributed by atoms with van der Waals surface area (Å²) in [6.07, 6.45) is -7.36. The maximum absolute atomic E-state index is 12.6. The summed E-state index contributed by atoms with van der Waals surface area (Å²) in [4.78, 5) is 4.09. The Balaban J connectivity index is 2.12. The largest absolute Gasteiger partial charge is 0.388 e. The van der Waals surface area contributed by atoms with E-state index in [2.05, 4.69) is 10.3 Å². The van der Waals surface area contributed by atoms with Gasteiger partial charge in [0.1, 0.15) is 23.7 Å². The van der Waals surface area contributed by atoms with E-state index in [0.717, 1.165) is 11.8 Å². The fraction of sp³-hybridized carbons (Fsp3) is 0.889. The van der Waals surface area contributed by atoms with Crippen molar-refractivity contribution in [3.05, 3.63) is 0 Å². The van der Waals surface area contributed by atoms with Crippen LogP contribution in [0.1, 0.15) is 6.92 Å². The summed E-state index contributed by atoms with van der Waals surface area (Å²) < 4.78 is 30.3. The van der Waals surface area contributed by atoms with Crippen molar-refractivity contribution in [2.24, 2.45) is 4.99 Å². The second-order valence-corrected chi connectivity index (χ2v) is 4.94. The highest BCUT2D eigenvalue weighted by Gasteiger charge is 2.51. The number of rotatable bonds is 2. The van der Waals surface area contributed by atoms with Crippen LogP contribution in [0.2, 0.25) is 0 Å². The number of amidine groups is 1. The van der Waals surface area contributed by atoms with Gasteiger partial charge in [0.05, 0.1) is 6.04 Å². The molecule has 0 aromatic carbocycles. The molecule has 3 N–H and O–H groups in total. The van der Waals surface area contributed by atoms with Crippen LogP contribution in [0.4, 0.5) is 8.78 Å². The Morgan fingerprint density at radius 1 is 1.47 bits per heavy atom. The Labute approximate surface area is 101 Å². The summed E-state index contributed by atoms with van der Waals surface area (Å²) in [7, 11) is 0. The minimum atomic E-state index is -2.83. The minimum absolute atomic E-state index is 0.545. The van der Waals surface area contributed by atoms with Gasteiger partial charge >= 0.3 is 0 Å². The van der Waals surface area contributed by atoms with E-state index in [1.165, 1.54) is 0 Å². The first-order chi connectivity index (χ1) is 8.04. The van der Waals surface area contributed by atoms with Crippen molar-refractivity contribution in [1.82, 2.24) is 5.32 Å². The average molecular weight is 268 g/mol. The third kappa shape index (κ3) is 2.40. The molecule has 2 saturated heterocycles. The van der Waals surface area contributed by atoms with Crippen LogP contribution in [0.25, 0.3) is 0 Å². The third-order valence-electron chi connectivity index (χ3n) is 2.71. The molecular weight excluding hydrogens is 254 g/mol. The normalized spacial score (nSPS) is 43.9. The summed E-state index contributed by atoms with van der Waals surface area (Å²) in [5.74, 6) is 0. The monoisotopic (exact) mass is 268 g/mol. The Bertz CT molecular complexity index is 319. The van der Waals surface area contributed by atoms with Crippen LogP contribution in [0.15, 0.2) is 4.99 Å². The van der Waals surface area contributed by atoms with E-state index >= 15 is 0 Å². The maximum Gasteiger partial charge on any atom is 0.267 e. The van der Waals surface area contributed by atoms with Gasteiger partial charge in [-0.3, -0.25) is 4.99 Å². The predicted octanol–water partition coefficient (Wildman–Crippen LogP) is -0.221. The number of thioether (sulfide) groups is 1. The van der Waals surface area contributed by atoms with E-state index in [0.29, 0.717) is 11.7 Å². The lowest BCUT2D eigenvalue weighted by Crippen LogP contribution is -2.60. The summed E-state index contributed by atoms with van der Waals surface area (Å²) in [5, 5.41) is 22.7. The molecule has 0 amide bonds. The Kier molecular flexibility index (Phi) is 3.86. The zero-order chi connectivity index (χ0) is 12.6. The first-order valence-corrected chi connectivity index (χ1v) is 6.20. The Morgan fingerprint density at radius 2 is 2.18 bits per heavy atom. The highest BCUT2D eigenvalue weighted by atomic mass is 32.2. The lowest BCUT2D eigenvalue weighted by atomic mass is 9.98. The molecule has 2 fully saturated rings. The fourth-order valence-electron chi connectivity index (χ4n) is 1.86. The summed E-state index contributed by atoms with van der Waals surface area (Å²) in [5.41, 5.74) is -0.641. The summed E-state index contributed by atoms with van der Waals surface area (Å²) >= 11 is 1.16. The highest BCUT2D eigenvalue weighted by molar-refractivity contribution is 8.14. The Hall–Kier alpha value is -0.440. The predicted molar refractivity (Wildman–Crippen MR) is 59.2 cm³/mol. The molecule has 0 radical (unpaired) electrons. The van der Waals surface area contributed by atoms with Gasteiger partial charge in [-0.15, -0.1) is 0 Å². The molecule has 17 heavy (non-hydrogen) atoms. The lowest BCUT2D eigenvalue weighted by Gasteiger charge is -2.38. The quantitative estimate of drug-likeness (QED) is 0.645. The van der Waals surface area contributed by atoms with Crippen molar-refractivity contribution in [3.8, 4) is 0 Å². The molecule has 0 bridgehead atoms. The molecule has 5 nitrogen and oxygen atoms in total. The van der Waals surface area contributed by atoms with Gasteiger partial charge in [0.2, 0.25) is 0 Å². The zero-order valence-electron chi connectivity index (χ0n) is 9.09. The number of ether oxygens (including phenoxy) is 1. The molecule has 0 aliphatic carbocycles. The van der Waals surface area contributed by atoms with Crippen molar-refractivity contribution in [2.45, 2.75) is 43.1 Å². The van der Waals surface area contributed by atoms with E-state index in [-0.39, 0.29) is 0 Å². The lowest BCUT2D eigenvalue weighted by molar-refractivity contribution is -0.195. The number of aliphatic imine (C=N–C) groups is 1. The second kappa shape index (κ2) is 5.05. The van der Waals surface area contributed by atoms with Gasteiger partial charge in [-0.05, 0) is 6.92 Å². The van der Waals surface area contributed by atoms with Crippen molar-refractivity contribution in [1.29, 1.82) is 0 Å². The topological polar surface area (TPSA) is 74.1 Å². The first kappa shape index (κ1) is 13.0. The smallest absolute Gasteiger partial charge is 0.267 e. The molecule has 0 aromatic heterocycles. The highest BCUT2D eigenvalue weighted by Crippen LogP contribution is 2.35. The molecule has 5 atom stereocenters. The molecule has 0 saturated carbocycles. The summed E-state index contributed by atoms with van der Waals surface area (Å²) in [6, 6.07) is -0.602. The first-order valence-electron chi connectivity index (χ1n) is 5.32. The molecular formula is C9H14F2N2O3S. The molecule has 2 aliphatic rings. The van der Waals surface area contributed by atoms with Crippen molar-refractivity contribution in [3.63, 3.8) is 0 Å². The van der Waals surface area contributed by atoms with Crippen molar-refractivity contribution in [2.75, 3.05) is 6.54 Å². The third-order valence-corrected chi connectivity index (χ3v) is 3.81. The maximum atomic E-state index is 12.6. The fourth-order valence-corrected chi connectivity index (χ4v) is 3.05. The van der Waals surface area contributed by atoms with Crippen LogP contribution in [0, 0.1) is 0 Å². The summed E-state index contributed by atoms with van der Waals surface area (Å²) in [6.45, 7) is 2.39. The molecule has 2 heterocycles. The molecule has 98 valence electrons. The number of nitrogens with one attached hydrogen (secondary N) is 1. The molecule has 8 heteroatoms. The number of aliphatic hydroxyl groups excluding tert-OH is 2. The Morgan fingerprint density at radius 3 is 2.76 bits per heavy atom. The van der Waals surface area contributed by atoms with Gasteiger partial charge in [-0.25, -0.2) is 8.78 Å². The average Bonchev–Trinajstić information content (AvgIpc) is 2.66. The van der Waals surface area contributed by atoms with E-state index in [9.17, 15) is 19.0 Å². The van der Waals surface area contributed by atoms with E-state index in [1.807, 2.05) is 6.92 Å². The number of nitrogens with zero attached hydrogens (tertiary/aromatic N) is 1. The number of alkyl halides is 2. The minimum Gasteiger partial charge on any atom is -0.388 e. The standard InChI is InChI=1S/C9H14F2N2O3S/c1-2-12-9-13-3-4(14)5(15)6(7(10)11)16-8(3)17-9/h3-8,14-15H,2H2,1H3,(H,12,13)/t3-,4-,5+,6+,8-/m1/s1. The van der Waals surface area contributed by atoms with Gasteiger partial charge in [0.25, 0.3) is 6.43 Å². The molecule has 2 aliphatic heterocycles. The number of hydrogen-bond acceptors (Lipinski definition) is 5. The van der Waals surface area contributed by atoms with Crippen LogP contribution in [0.5, 0.6) is 0 Å². The molecule has 0 aromatic rings. The second-order valence-electron chi connectivity index (χ2n) is 3.85. The van der Waals surface area contributed by atoms with E-state index in [4.69, 9.17) is 4.74 Å². The zero-order valence-corrected chi connectivity index (χ0v) is 9.90. The molecule has 0 spiro atoms. The molecule has 0 unspecified atom stereocenters. The molecule has 2 rings (SSSR count). The number of halogens is 2. The number of fused-ring (bicyclic) bond motifs is 1. The van der Waals surface area contributed by atoms with Crippen LogP contribution in [0.3, 0.4) is 0 Å². The van der Waals surface area contributed by atoms with Crippen LogP contribution < -0.4 is 5.32 Å². The number of hydrogen-bond donors (Lipinski definition) is 3. The van der Waals surface area contributed by atoms with Crippen LogP contribution >= 0.6 is 11.8 Å². The van der Waals surface area contributed by atoms with E-state index < -0.39 is 36.2 Å².